The highest BCUT2D eigenvalue weighted by atomic mass is 31.2. The van der Waals surface area contributed by atoms with Crippen molar-refractivity contribution >= 4 is 39.5 Å². The van der Waals surface area contributed by atoms with Crippen LogP contribution in [0.25, 0.3) is 0 Å². The normalized spacial score (nSPS) is 14.4. The Labute approximate surface area is 592 Å². The quantitative estimate of drug-likeness (QED) is 0.0169. The van der Waals surface area contributed by atoms with Gasteiger partial charge in [-0.3, -0.25) is 37.3 Å². The molecule has 97 heavy (non-hydrogen) atoms. The predicted octanol–water partition coefficient (Wildman–Crippen LogP) is 22.8. The van der Waals surface area contributed by atoms with Crippen molar-refractivity contribution in [3.63, 3.8) is 0 Å². The molecule has 17 nitrogen and oxygen atoms in total. The molecule has 0 radical (unpaired) electrons. The molecule has 0 rings (SSSR count). The molecule has 0 aromatic heterocycles. The Morgan fingerprint density at radius 2 is 0.577 bits per heavy atom. The number of ether oxygens (including phenoxy) is 4. The van der Waals surface area contributed by atoms with Gasteiger partial charge in [-0.15, -0.1) is 0 Å². The summed E-state index contributed by atoms with van der Waals surface area (Å²) in [5, 5.41) is 10.6. The number of carbonyl (C=O) groups excluding carboxylic acids is 4. The maximum absolute atomic E-state index is 13.1. The van der Waals surface area contributed by atoms with E-state index in [1.54, 1.807) is 0 Å². The van der Waals surface area contributed by atoms with Crippen molar-refractivity contribution in [1.29, 1.82) is 0 Å². The van der Waals surface area contributed by atoms with E-state index in [0.29, 0.717) is 25.7 Å². The summed E-state index contributed by atoms with van der Waals surface area (Å²) >= 11 is 0. The van der Waals surface area contributed by atoms with E-state index in [4.69, 9.17) is 37.0 Å². The second-order valence-electron chi connectivity index (χ2n) is 27.7. The number of carbonyl (C=O) groups is 4. The molecular formula is C78H148O17P2. The van der Waals surface area contributed by atoms with Crippen LogP contribution < -0.4 is 0 Å². The van der Waals surface area contributed by atoms with E-state index in [9.17, 15) is 43.2 Å². The van der Waals surface area contributed by atoms with Crippen LogP contribution in [0.2, 0.25) is 0 Å². The summed E-state index contributed by atoms with van der Waals surface area (Å²) in [6.45, 7) is 7.28. The van der Waals surface area contributed by atoms with Crippen LogP contribution in [-0.4, -0.2) is 96.7 Å². The van der Waals surface area contributed by atoms with Crippen LogP contribution in [0.1, 0.15) is 388 Å². The summed E-state index contributed by atoms with van der Waals surface area (Å²) in [6.07, 6.45) is 63.2. The molecule has 0 heterocycles. The van der Waals surface area contributed by atoms with E-state index in [2.05, 4.69) is 58.9 Å². The maximum atomic E-state index is 13.1. The molecule has 0 aromatic carbocycles. The third-order valence-corrected chi connectivity index (χ3v) is 19.9. The molecule has 0 aromatic rings. The lowest BCUT2D eigenvalue weighted by Crippen LogP contribution is -2.30. The van der Waals surface area contributed by atoms with Crippen molar-refractivity contribution in [3.8, 4) is 0 Å². The highest BCUT2D eigenvalue weighted by Gasteiger charge is 2.30. The number of esters is 4. The minimum absolute atomic E-state index is 0.102. The summed E-state index contributed by atoms with van der Waals surface area (Å²) in [5.41, 5.74) is 0. The van der Waals surface area contributed by atoms with Crippen LogP contribution in [-0.2, 0) is 65.4 Å². The fourth-order valence-electron chi connectivity index (χ4n) is 11.5. The average Bonchev–Trinajstić information content (AvgIpc) is 1.67. The van der Waals surface area contributed by atoms with Gasteiger partial charge in [0.15, 0.2) is 12.2 Å². The number of aliphatic hydroxyl groups excluding tert-OH is 1. The summed E-state index contributed by atoms with van der Waals surface area (Å²) in [7, 11) is -9.92. The molecule has 0 saturated carbocycles. The van der Waals surface area contributed by atoms with Gasteiger partial charge in [-0.25, -0.2) is 9.13 Å². The number of phosphoric acid groups is 2. The number of aliphatic hydroxyl groups is 1. The molecule has 0 spiro atoms. The van der Waals surface area contributed by atoms with Gasteiger partial charge in [0.2, 0.25) is 0 Å². The van der Waals surface area contributed by atoms with Gasteiger partial charge < -0.3 is 33.8 Å². The van der Waals surface area contributed by atoms with E-state index in [-0.39, 0.29) is 25.7 Å². The lowest BCUT2D eigenvalue weighted by Gasteiger charge is -2.21. The van der Waals surface area contributed by atoms with Crippen molar-refractivity contribution in [2.75, 3.05) is 39.6 Å². The summed E-state index contributed by atoms with van der Waals surface area (Å²) in [6, 6.07) is 0. The third kappa shape index (κ3) is 70.4. The van der Waals surface area contributed by atoms with Gasteiger partial charge in [-0.05, 0) is 57.3 Å². The lowest BCUT2D eigenvalue weighted by atomic mass is 9.99. The van der Waals surface area contributed by atoms with Crippen LogP contribution in [0.4, 0.5) is 0 Å². The second kappa shape index (κ2) is 70.6. The Bertz CT molecular complexity index is 1950. The molecule has 0 bridgehead atoms. The summed E-state index contributed by atoms with van der Waals surface area (Å²) in [5.74, 6) is -1.27. The molecule has 0 fully saturated rings. The zero-order chi connectivity index (χ0) is 71.2. The molecule has 3 N–H and O–H groups in total. The smallest absolute Gasteiger partial charge is 0.462 e. The number of unbranched alkanes of at least 4 members (excludes halogenated alkanes) is 44. The van der Waals surface area contributed by atoms with Crippen LogP contribution in [0, 0.1) is 5.92 Å². The van der Waals surface area contributed by atoms with Crippen molar-refractivity contribution in [1.82, 2.24) is 0 Å². The Morgan fingerprint density at radius 1 is 0.330 bits per heavy atom. The average molecular weight is 1420 g/mol. The number of rotatable bonds is 76. The second-order valence-corrected chi connectivity index (χ2v) is 30.6. The topological polar surface area (TPSA) is 237 Å². The molecule has 0 aliphatic rings. The van der Waals surface area contributed by atoms with Crippen LogP contribution in [0.3, 0.4) is 0 Å². The maximum Gasteiger partial charge on any atom is 0.472 e. The molecule has 0 aliphatic carbocycles. The first-order valence-electron chi connectivity index (χ1n) is 40.0. The third-order valence-electron chi connectivity index (χ3n) is 18.0. The predicted molar refractivity (Wildman–Crippen MR) is 395 cm³/mol. The minimum Gasteiger partial charge on any atom is -0.462 e. The Morgan fingerprint density at radius 3 is 0.876 bits per heavy atom. The highest BCUT2D eigenvalue weighted by molar-refractivity contribution is 7.47. The highest BCUT2D eigenvalue weighted by Crippen LogP contribution is 2.45. The van der Waals surface area contributed by atoms with Gasteiger partial charge in [-0.2, -0.15) is 0 Å². The summed E-state index contributed by atoms with van der Waals surface area (Å²) < 4.78 is 68.5. The van der Waals surface area contributed by atoms with Crippen molar-refractivity contribution in [2.45, 2.75) is 406 Å². The monoisotopic (exact) mass is 1420 g/mol. The van der Waals surface area contributed by atoms with E-state index in [0.717, 1.165) is 115 Å². The molecule has 3 unspecified atom stereocenters. The van der Waals surface area contributed by atoms with E-state index < -0.39 is 97.5 Å². The first-order chi connectivity index (χ1) is 47.1. The number of hydrogen-bond acceptors (Lipinski definition) is 15. The van der Waals surface area contributed by atoms with Crippen molar-refractivity contribution in [2.24, 2.45) is 5.92 Å². The molecule has 0 aliphatic heterocycles. The first-order valence-corrected chi connectivity index (χ1v) is 43.0. The van der Waals surface area contributed by atoms with E-state index in [1.807, 2.05) is 0 Å². The molecule has 572 valence electrons. The standard InChI is InChI=1S/C78H148O17P2/c1-6-10-13-16-19-22-24-25-30-34-38-42-47-52-57-62-76(81)89-68-74(95-78(83)64-59-54-49-44-39-35-32-29-27-26-28-31-33-37-41-45-50-55-60-71(5)9-4)70-93-97(86,87)91-66-72(79)65-90-96(84,85)92-69-73(67-88-75(80)61-56-51-46-40-21-18-15-12-8-3)94-77(82)63-58-53-48-43-36-23-20-17-14-11-7-2/h22,24-25,30,71-74,79H,6-21,23,26-29,31-70H2,1-5H3,(H,84,85)(H,86,87)/b24-22-,30-25-/t71?,72-,73+,74+/m0/s1. The number of hydrogen-bond donors (Lipinski definition) is 3. The molecule has 19 heteroatoms. The Balaban J connectivity index is 5.21. The van der Waals surface area contributed by atoms with Crippen LogP contribution in [0.5, 0.6) is 0 Å². The first kappa shape index (κ1) is 94.5. The lowest BCUT2D eigenvalue weighted by molar-refractivity contribution is -0.161. The van der Waals surface area contributed by atoms with E-state index in [1.165, 1.54) is 193 Å². The fourth-order valence-corrected chi connectivity index (χ4v) is 13.1. The SMILES string of the molecule is CCCCCC/C=C\C=C/CCCCCCCC(=O)OC[C@H](COP(=O)(O)OC[C@@H](O)COP(=O)(O)OC[C@@H](COC(=O)CCCCCCCCCCC)OC(=O)CCCCCCCCCCCCC)OC(=O)CCCCCCCCCCCCCCCCCCCCC(C)CC. The zero-order valence-corrected chi connectivity index (χ0v) is 64.5. The van der Waals surface area contributed by atoms with Gasteiger partial charge in [-0.1, -0.05) is 335 Å². The summed E-state index contributed by atoms with van der Waals surface area (Å²) in [4.78, 5) is 72.7. The van der Waals surface area contributed by atoms with Gasteiger partial charge in [0.1, 0.15) is 19.3 Å². The Kier molecular flexibility index (Phi) is 68.8. The molecule has 0 saturated heterocycles. The van der Waals surface area contributed by atoms with Crippen LogP contribution in [0.15, 0.2) is 24.3 Å². The molecular weight excluding hydrogens is 1270 g/mol. The van der Waals surface area contributed by atoms with Gasteiger partial charge in [0, 0.05) is 25.7 Å². The number of phosphoric ester groups is 2. The minimum atomic E-state index is -4.97. The van der Waals surface area contributed by atoms with Gasteiger partial charge in [0.05, 0.1) is 26.4 Å². The number of allylic oxidation sites excluding steroid dienone is 4. The van der Waals surface area contributed by atoms with Crippen molar-refractivity contribution < 1.29 is 80.2 Å². The Hall–Kier alpha value is -2.46. The van der Waals surface area contributed by atoms with Gasteiger partial charge >= 0.3 is 39.5 Å². The largest absolute Gasteiger partial charge is 0.472 e. The molecule has 6 atom stereocenters. The van der Waals surface area contributed by atoms with Crippen molar-refractivity contribution in [3.05, 3.63) is 24.3 Å². The van der Waals surface area contributed by atoms with Gasteiger partial charge in [0.25, 0.3) is 0 Å². The zero-order valence-electron chi connectivity index (χ0n) is 62.7. The van der Waals surface area contributed by atoms with Crippen LogP contribution >= 0.6 is 15.6 Å². The molecule has 0 amide bonds. The fraction of sp³-hybridized carbons (Fsp3) is 0.897. The van der Waals surface area contributed by atoms with E-state index >= 15 is 0 Å².